The first-order valence-corrected chi connectivity index (χ1v) is 7.38. The fourth-order valence-corrected chi connectivity index (χ4v) is 3.54. The molecule has 2 saturated heterocycles. The van der Waals surface area contributed by atoms with Gasteiger partial charge < -0.3 is 14.8 Å². The molecule has 18 heavy (non-hydrogen) atoms. The lowest BCUT2D eigenvalue weighted by atomic mass is 9.93. The first-order valence-electron chi connectivity index (χ1n) is 7.38. The van der Waals surface area contributed by atoms with Crippen LogP contribution in [0.3, 0.4) is 0 Å². The number of hydrogen-bond acceptors (Lipinski definition) is 4. The lowest BCUT2D eigenvalue weighted by Gasteiger charge is -2.26. The number of nitrogens with one attached hydrogen (secondary N) is 1. The van der Waals surface area contributed by atoms with Crippen LogP contribution in [0.15, 0.2) is 0 Å². The lowest BCUT2D eigenvalue weighted by molar-refractivity contribution is 0.0638. The number of hydrogen-bond donors (Lipinski definition) is 1. The molecule has 4 heteroatoms. The minimum Gasteiger partial charge on any atom is -0.382 e. The fourth-order valence-electron chi connectivity index (χ4n) is 3.54. The van der Waals surface area contributed by atoms with Gasteiger partial charge in [-0.1, -0.05) is 6.92 Å². The molecule has 106 valence electrons. The minimum absolute atomic E-state index is 0.705. The van der Waals surface area contributed by atoms with E-state index < -0.39 is 0 Å². The molecule has 2 rings (SSSR count). The van der Waals surface area contributed by atoms with Crippen molar-refractivity contribution in [2.45, 2.75) is 25.8 Å². The van der Waals surface area contributed by atoms with Crippen molar-refractivity contribution < 1.29 is 9.47 Å². The van der Waals surface area contributed by atoms with Gasteiger partial charge in [0.2, 0.25) is 0 Å². The van der Waals surface area contributed by atoms with E-state index in [0.29, 0.717) is 6.61 Å². The molecule has 0 aromatic rings. The molecule has 0 aromatic carbocycles. The van der Waals surface area contributed by atoms with E-state index in [9.17, 15) is 0 Å². The maximum absolute atomic E-state index is 5.53. The van der Waals surface area contributed by atoms with Crippen LogP contribution in [0.1, 0.15) is 19.8 Å². The van der Waals surface area contributed by atoms with E-state index in [4.69, 9.17) is 9.47 Å². The van der Waals surface area contributed by atoms with Gasteiger partial charge in [0.05, 0.1) is 13.2 Å². The van der Waals surface area contributed by atoms with Crippen LogP contribution >= 0.6 is 0 Å². The quantitative estimate of drug-likeness (QED) is 0.656. The number of ether oxygens (including phenoxy) is 2. The molecule has 0 aliphatic carbocycles. The Hall–Kier alpha value is -0.160. The summed E-state index contributed by atoms with van der Waals surface area (Å²) < 4.78 is 10.5. The maximum atomic E-state index is 5.53. The van der Waals surface area contributed by atoms with E-state index >= 15 is 0 Å². The highest BCUT2D eigenvalue weighted by molar-refractivity contribution is 4.97. The Balaban J connectivity index is 1.63. The standard InChI is InChI=1S/C14H28N2O2/c1-3-14-13-10-15-9-12(13)11-16(14)5-4-6-18-8-7-17-2/h12-15H,3-11H2,1-2H3. The van der Waals surface area contributed by atoms with Crippen molar-refractivity contribution in [1.29, 1.82) is 0 Å². The molecule has 0 radical (unpaired) electrons. The van der Waals surface area contributed by atoms with E-state index in [1.165, 1.54) is 32.6 Å². The van der Waals surface area contributed by atoms with Crippen molar-refractivity contribution in [3.63, 3.8) is 0 Å². The Labute approximate surface area is 111 Å². The molecule has 2 heterocycles. The molecule has 0 saturated carbocycles. The fraction of sp³-hybridized carbons (Fsp3) is 1.00. The number of rotatable bonds is 8. The molecule has 2 aliphatic heterocycles. The highest BCUT2D eigenvalue weighted by Gasteiger charge is 2.42. The monoisotopic (exact) mass is 256 g/mol. The van der Waals surface area contributed by atoms with Crippen LogP contribution in [0, 0.1) is 11.8 Å². The zero-order valence-corrected chi connectivity index (χ0v) is 11.9. The Morgan fingerprint density at radius 2 is 2.11 bits per heavy atom. The van der Waals surface area contributed by atoms with Crippen LogP contribution in [0.5, 0.6) is 0 Å². The first kappa shape index (κ1) is 14.3. The van der Waals surface area contributed by atoms with Crippen molar-refractivity contribution in [1.82, 2.24) is 10.2 Å². The summed E-state index contributed by atoms with van der Waals surface area (Å²) in [5, 5.41) is 3.53. The van der Waals surface area contributed by atoms with E-state index in [0.717, 1.165) is 37.5 Å². The van der Waals surface area contributed by atoms with Gasteiger partial charge in [-0.2, -0.15) is 0 Å². The zero-order chi connectivity index (χ0) is 12.8. The van der Waals surface area contributed by atoms with Gasteiger partial charge in [-0.15, -0.1) is 0 Å². The average molecular weight is 256 g/mol. The van der Waals surface area contributed by atoms with Crippen molar-refractivity contribution in [3.05, 3.63) is 0 Å². The van der Waals surface area contributed by atoms with E-state index in [1.807, 2.05) is 0 Å². The third-order valence-corrected chi connectivity index (χ3v) is 4.41. The smallest absolute Gasteiger partial charge is 0.0700 e. The Bertz CT molecular complexity index is 238. The van der Waals surface area contributed by atoms with Gasteiger partial charge in [0.15, 0.2) is 0 Å². The second-order valence-corrected chi connectivity index (χ2v) is 5.51. The molecule has 0 bridgehead atoms. The summed E-state index contributed by atoms with van der Waals surface area (Å²) >= 11 is 0. The van der Waals surface area contributed by atoms with E-state index in [2.05, 4.69) is 17.1 Å². The van der Waals surface area contributed by atoms with Crippen LogP contribution in [-0.4, -0.2) is 64.1 Å². The molecular weight excluding hydrogens is 228 g/mol. The SMILES string of the molecule is CCC1C2CNCC2CN1CCCOCCOC. The Morgan fingerprint density at radius 3 is 2.89 bits per heavy atom. The van der Waals surface area contributed by atoms with Gasteiger partial charge >= 0.3 is 0 Å². The van der Waals surface area contributed by atoms with Crippen molar-refractivity contribution in [3.8, 4) is 0 Å². The molecule has 1 N–H and O–H groups in total. The molecule has 3 unspecified atom stereocenters. The van der Waals surface area contributed by atoms with Crippen LogP contribution < -0.4 is 5.32 Å². The number of likely N-dealkylation sites (tertiary alicyclic amines) is 1. The number of nitrogens with zero attached hydrogens (tertiary/aromatic N) is 1. The Morgan fingerprint density at radius 1 is 1.22 bits per heavy atom. The summed E-state index contributed by atoms with van der Waals surface area (Å²) in [5.41, 5.74) is 0. The topological polar surface area (TPSA) is 33.7 Å². The van der Waals surface area contributed by atoms with Gasteiger partial charge in [-0.3, -0.25) is 4.90 Å². The van der Waals surface area contributed by atoms with Gasteiger partial charge in [-0.05, 0) is 37.8 Å². The minimum atomic E-state index is 0.705. The normalized spacial score (nSPS) is 32.0. The van der Waals surface area contributed by atoms with Crippen molar-refractivity contribution in [2.24, 2.45) is 11.8 Å². The summed E-state index contributed by atoms with van der Waals surface area (Å²) in [6, 6.07) is 0.795. The summed E-state index contributed by atoms with van der Waals surface area (Å²) in [5.74, 6) is 1.79. The molecule has 2 aliphatic rings. The van der Waals surface area contributed by atoms with E-state index in [-0.39, 0.29) is 0 Å². The average Bonchev–Trinajstić information content (AvgIpc) is 2.93. The Kier molecular flexibility index (Phi) is 5.89. The first-order chi connectivity index (χ1) is 8.86. The molecule has 0 spiro atoms. The van der Waals surface area contributed by atoms with Crippen LogP contribution in [0.2, 0.25) is 0 Å². The summed E-state index contributed by atoms with van der Waals surface area (Å²) in [6.45, 7) is 9.55. The van der Waals surface area contributed by atoms with Gasteiger partial charge in [0.25, 0.3) is 0 Å². The molecular formula is C14H28N2O2. The molecule has 2 fully saturated rings. The number of fused-ring (bicyclic) bond motifs is 1. The maximum Gasteiger partial charge on any atom is 0.0700 e. The highest BCUT2D eigenvalue weighted by atomic mass is 16.5. The summed E-state index contributed by atoms with van der Waals surface area (Å²) in [6.07, 6.45) is 2.43. The highest BCUT2D eigenvalue weighted by Crippen LogP contribution is 2.34. The summed E-state index contributed by atoms with van der Waals surface area (Å²) in [4.78, 5) is 2.69. The largest absolute Gasteiger partial charge is 0.382 e. The van der Waals surface area contributed by atoms with Crippen molar-refractivity contribution in [2.75, 3.05) is 53.1 Å². The third-order valence-electron chi connectivity index (χ3n) is 4.41. The summed E-state index contributed by atoms with van der Waals surface area (Å²) in [7, 11) is 1.71. The van der Waals surface area contributed by atoms with E-state index in [1.54, 1.807) is 7.11 Å². The zero-order valence-electron chi connectivity index (χ0n) is 11.9. The van der Waals surface area contributed by atoms with Gasteiger partial charge in [-0.25, -0.2) is 0 Å². The van der Waals surface area contributed by atoms with Crippen LogP contribution in [0.25, 0.3) is 0 Å². The number of methoxy groups -OCH3 is 1. The lowest BCUT2D eigenvalue weighted by Crippen LogP contribution is -2.36. The van der Waals surface area contributed by atoms with Crippen LogP contribution in [0.4, 0.5) is 0 Å². The third kappa shape index (κ3) is 3.44. The van der Waals surface area contributed by atoms with Crippen molar-refractivity contribution >= 4 is 0 Å². The predicted molar refractivity (Wildman–Crippen MR) is 72.8 cm³/mol. The van der Waals surface area contributed by atoms with Crippen LogP contribution in [-0.2, 0) is 9.47 Å². The molecule has 0 aromatic heterocycles. The predicted octanol–water partition coefficient (Wildman–Crippen LogP) is 0.969. The second kappa shape index (κ2) is 7.43. The molecule has 0 amide bonds. The van der Waals surface area contributed by atoms with Gasteiger partial charge in [0.1, 0.15) is 0 Å². The van der Waals surface area contributed by atoms with Gasteiger partial charge in [0, 0.05) is 32.8 Å². The molecule has 3 atom stereocenters. The second-order valence-electron chi connectivity index (χ2n) is 5.51. The molecule has 4 nitrogen and oxygen atoms in total.